The van der Waals surface area contributed by atoms with Gasteiger partial charge in [0.25, 0.3) is 0 Å². The average molecular weight is 410 g/mol. The number of halogens is 2. The Hall–Kier alpha value is -0.600. The van der Waals surface area contributed by atoms with E-state index < -0.39 is 0 Å². The molecule has 0 aliphatic carbocycles. The van der Waals surface area contributed by atoms with Crippen LogP contribution in [0.2, 0.25) is 0 Å². The highest BCUT2D eigenvalue weighted by Gasteiger charge is 2.25. The van der Waals surface area contributed by atoms with Crippen LogP contribution in [-0.4, -0.2) is 0 Å². The largest absolute Gasteiger partial charge is 0.0541 e. The molecule has 21 heavy (non-hydrogen) atoms. The zero-order chi connectivity index (χ0) is 15.9. The van der Waals surface area contributed by atoms with E-state index in [4.69, 9.17) is 0 Å². The second kappa shape index (κ2) is 5.89. The van der Waals surface area contributed by atoms with Crippen molar-refractivity contribution >= 4 is 31.9 Å². The lowest BCUT2D eigenvalue weighted by Crippen LogP contribution is -2.20. The molecular weight excluding hydrogens is 388 g/mol. The fraction of sp³-hybridized carbons (Fsp3) is 0.368. The van der Waals surface area contributed by atoms with Gasteiger partial charge in [-0.2, -0.15) is 0 Å². The lowest BCUT2D eigenvalue weighted by Gasteiger charge is -2.28. The van der Waals surface area contributed by atoms with Gasteiger partial charge in [-0.15, -0.1) is 0 Å². The van der Waals surface area contributed by atoms with Gasteiger partial charge < -0.3 is 0 Å². The predicted octanol–water partition coefficient (Wildman–Crippen LogP) is 6.77. The number of hydrogen-bond acceptors (Lipinski definition) is 0. The van der Waals surface area contributed by atoms with Crippen molar-refractivity contribution in [3.63, 3.8) is 0 Å². The first kappa shape index (κ1) is 16.8. The van der Waals surface area contributed by atoms with Crippen LogP contribution in [0.25, 0.3) is 0 Å². The maximum Gasteiger partial charge on any atom is 0.0233 e. The summed E-state index contributed by atoms with van der Waals surface area (Å²) >= 11 is 7.33. The third kappa shape index (κ3) is 3.12. The van der Waals surface area contributed by atoms with Crippen LogP contribution in [0.15, 0.2) is 33.2 Å². The molecule has 0 saturated heterocycles. The van der Waals surface area contributed by atoms with Crippen LogP contribution in [0.5, 0.6) is 0 Å². The minimum atomic E-state index is -0.00750. The Morgan fingerprint density at radius 3 is 1.10 bits per heavy atom. The summed E-state index contributed by atoms with van der Waals surface area (Å²) in [5, 5.41) is 0. The predicted molar refractivity (Wildman–Crippen MR) is 99.4 cm³/mol. The van der Waals surface area contributed by atoms with Crippen LogP contribution >= 0.6 is 31.9 Å². The Kier molecular flexibility index (Phi) is 4.70. The Morgan fingerprint density at radius 2 is 0.857 bits per heavy atom. The number of aryl methyl sites for hydroxylation is 4. The first-order chi connectivity index (χ1) is 9.64. The average Bonchev–Trinajstić information content (AvgIpc) is 2.40. The lowest BCUT2D eigenvalue weighted by molar-refractivity contribution is 0.637. The van der Waals surface area contributed by atoms with E-state index in [2.05, 4.69) is 97.7 Å². The Balaban J connectivity index is 2.61. The van der Waals surface area contributed by atoms with Gasteiger partial charge in [-0.1, -0.05) is 70.0 Å². The van der Waals surface area contributed by atoms with Gasteiger partial charge >= 0.3 is 0 Å². The number of rotatable bonds is 2. The van der Waals surface area contributed by atoms with E-state index in [0.29, 0.717) is 0 Å². The Labute approximate surface area is 145 Å². The lowest BCUT2D eigenvalue weighted by atomic mass is 9.76. The zero-order valence-corrected chi connectivity index (χ0v) is 16.7. The molecule has 0 heterocycles. The van der Waals surface area contributed by atoms with Crippen LogP contribution < -0.4 is 0 Å². The van der Waals surface area contributed by atoms with Crippen molar-refractivity contribution in [1.82, 2.24) is 0 Å². The second-order valence-corrected chi connectivity index (χ2v) is 8.06. The van der Waals surface area contributed by atoms with Crippen LogP contribution in [0.3, 0.4) is 0 Å². The summed E-state index contributed by atoms with van der Waals surface area (Å²) in [6.45, 7) is 13.3. The Bertz CT molecular complexity index is 591. The first-order valence-corrected chi connectivity index (χ1v) is 8.77. The van der Waals surface area contributed by atoms with Crippen LogP contribution in [0.1, 0.15) is 47.2 Å². The van der Waals surface area contributed by atoms with Crippen molar-refractivity contribution in [2.24, 2.45) is 0 Å². The summed E-state index contributed by atoms with van der Waals surface area (Å²) in [5.74, 6) is 0. The summed E-state index contributed by atoms with van der Waals surface area (Å²) in [6.07, 6.45) is 0. The standard InChI is InChI=1S/C19H22Br2/c1-11-7-15(8-12(2)17(11)20)19(5,6)16-9-13(3)18(21)14(4)10-16/h7-10H,1-6H3. The monoisotopic (exact) mass is 408 g/mol. The topological polar surface area (TPSA) is 0 Å². The molecule has 2 rings (SSSR count). The van der Waals surface area contributed by atoms with Gasteiger partial charge in [0.1, 0.15) is 0 Å². The van der Waals surface area contributed by atoms with E-state index in [1.165, 1.54) is 42.3 Å². The maximum atomic E-state index is 3.66. The highest BCUT2D eigenvalue weighted by molar-refractivity contribution is 9.10. The van der Waals surface area contributed by atoms with Gasteiger partial charge in [0.2, 0.25) is 0 Å². The Morgan fingerprint density at radius 1 is 0.619 bits per heavy atom. The molecule has 0 bridgehead atoms. The minimum absolute atomic E-state index is 0.00750. The minimum Gasteiger partial charge on any atom is -0.0541 e. The number of hydrogen-bond donors (Lipinski definition) is 0. The van der Waals surface area contributed by atoms with Gasteiger partial charge in [-0.05, 0) is 61.1 Å². The molecule has 112 valence electrons. The summed E-state index contributed by atoms with van der Waals surface area (Å²) in [7, 11) is 0. The van der Waals surface area contributed by atoms with Crippen molar-refractivity contribution in [2.75, 3.05) is 0 Å². The van der Waals surface area contributed by atoms with E-state index in [9.17, 15) is 0 Å². The molecule has 0 amide bonds. The van der Waals surface area contributed by atoms with Crippen LogP contribution in [0, 0.1) is 27.7 Å². The number of benzene rings is 2. The molecule has 0 radical (unpaired) electrons. The van der Waals surface area contributed by atoms with Gasteiger partial charge in [0, 0.05) is 14.4 Å². The summed E-state index contributed by atoms with van der Waals surface area (Å²) in [5.41, 5.74) is 7.90. The van der Waals surface area contributed by atoms with E-state index in [-0.39, 0.29) is 5.41 Å². The first-order valence-electron chi connectivity index (χ1n) is 7.19. The molecule has 0 saturated carbocycles. The van der Waals surface area contributed by atoms with E-state index in [1.54, 1.807) is 0 Å². The van der Waals surface area contributed by atoms with Crippen LogP contribution in [-0.2, 0) is 5.41 Å². The molecule has 0 spiro atoms. The van der Waals surface area contributed by atoms with Gasteiger partial charge in [0.15, 0.2) is 0 Å². The fourth-order valence-corrected chi connectivity index (χ4v) is 3.24. The molecule has 0 aromatic heterocycles. The van der Waals surface area contributed by atoms with Crippen molar-refractivity contribution < 1.29 is 0 Å². The molecule has 0 unspecified atom stereocenters. The van der Waals surface area contributed by atoms with Gasteiger partial charge in [-0.25, -0.2) is 0 Å². The van der Waals surface area contributed by atoms with Gasteiger partial charge in [0.05, 0.1) is 0 Å². The third-order valence-corrected chi connectivity index (χ3v) is 6.82. The molecule has 0 nitrogen and oxygen atoms in total. The molecule has 2 heteroatoms. The van der Waals surface area contributed by atoms with E-state index in [1.807, 2.05) is 0 Å². The highest BCUT2D eigenvalue weighted by atomic mass is 79.9. The molecule has 0 aliphatic rings. The van der Waals surface area contributed by atoms with E-state index >= 15 is 0 Å². The normalized spacial score (nSPS) is 11.8. The molecular formula is C19H22Br2. The second-order valence-electron chi connectivity index (χ2n) is 6.47. The SMILES string of the molecule is Cc1cc(C(C)(C)c2cc(C)c(Br)c(C)c2)cc(C)c1Br. The molecule has 0 aliphatic heterocycles. The fourth-order valence-electron chi connectivity index (χ4n) is 2.78. The van der Waals surface area contributed by atoms with Crippen molar-refractivity contribution in [1.29, 1.82) is 0 Å². The third-order valence-electron chi connectivity index (χ3n) is 4.32. The molecule has 0 atom stereocenters. The van der Waals surface area contributed by atoms with Crippen molar-refractivity contribution in [3.8, 4) is 0 Å². The van der Waals surface area contributed by atoms with Gasteiger partial charge in [-0.3, -0.25) is 0 Å². The summed E-state index contributed by atoms with van der Waals surface area (Å²) in [6, 6.07) is 9.18. The van der Waals surface area contributed by atoms with Crippen molar-refractivity contribution in [2.45, 2.75) is 47.0 Å². The van der Waals surface area contributed by atoms with E-state index in [0.717, 1.165) is 0 Å². The molecule has 0 fully saturated rings. The highest BCUT2D eigenvalue weighted by Crippen LogP contribution is 2.37. The van der Waals surface area contributed by atoms with Crippen molar-refractivity contribution in [3.05, 3.63) is 66.6 Å². The summed E-state index contributed by atoms with van der Waals surface area (Å²) in [4.78, 5) is 0. The maximum absolute atomic E-state index is 3.66. The summed E-state index contributed by atoms with van der Waals surface area (Å²) < 4.78 is 2.43. The molecule has 0 N–H and O–H groups in total. The zero-order valence-electron chi connectivity index (χ0n) is 13.6. The molecule has 2 aromatic carbocycles. The quantitative estimate of drug-likeness (QED) is 0.513. The molecule has 2 aromatic rings. The smallest absolute Gasteiger partial charge is 0.0233 e. The van der Waals surface area contributed by atoms with Crippen LogP contribution in [0.4, 0.5) is 0 Å².